The lowest BCUT2D eigenvalue weighted by atomic mass is 9.77. The van der Waals surface area contributed by atoms with Crippen LogP contribution >= 0.6 is 27.7 Å². The van der Waals surface area contributed by atoms with Gasteiger partial charge in [-0.05, 0) is 24.1 Å². The van der Waals surface area contributed by atoms with Gasteiger partial charge in [0.15, 0.2) is 0 Å². The number of nitriles is 1. The Kier molecular flexibility index (Phi) is 4.02. The minimum atomic E-state index is -0.965. The molecule has 19 heavy (non-hydrogen) atoms. The van der Waals surface area contributed by atoms with Gasteiger partial charge in [0.25, 0.3) is 0 Å². The quantitative estimate of drug-likeness (QED) is 0.913. The van der Waals surface area contributed by atoms with Crippen LogP contribution in [0.15, 0.2) is 39.7 Å². The molecule has 0 aromatic heterocycles. The predicted molar refractivity (Wildman–Crippen MR) is 78.8 cm³/mol. The van der Waals surface area contributed by atoms with Crippen molar-refractivity contribution in [3.8, 4) is 6.07 Å². The van der Waals surface area contributed by atoms with Gasteiger partial charge in [0.05, 0.1) is 11.0 Å². The van der Waals surface area contributed by atoms with Crippen molar-refractivity contribution in [3.63, 3.8) is 0 Å². The number of aliphatic carboxylic acids is 1. The van der Waals surface area contributed by atoms with E-state index in [1.165, 1.54) is 11.8 Å². The Bertz CT molecular complexity index is 593. The molecule has 2 atom stereocenters. The average molecular weight is 338 g/mol. The fourth-order valence-electron chi connectivity index (χ4n) is 2.31. The third kappa shape index (κ3) is 2.31. The van der Waals surface area contributed by atoms with E-state index in [2.05, 4.69) is 22.0 Å². The van der Waals surface area contributed by atoms with Gasteiger partial charge in [-0.2, -0.15) is 5.26 Å². The average Bonchev–Trinajstić information content (AvgIpc) is 2.79. The van der Waals surface area contributed by atoms with E-state index in [0.717, 1.165) is 16.5 Å². The number of hydrogen-bond donors (Lipinski definition) is 1. The van der Waals surface area contributed by atoms with Gasteiger partial charge in [-0.15, -0.1) is 11.8 Å². The summed E-state index contributed by atoms with van der Waals surface area (Å²) in [6.45, 7) is 1.97. The molecule has 2 rings (SSSR count). The number of rotatable bonds is 3. The first-order valence-corrected chi connectivity index (χ1v) is 7.51. The number of thioether (sulfide) groups is 1. The number of nitrogens with zero attached hydrogens (tertiary/aromatic N) is 1. The second-order valence-corrected chi connectivity index (χ2v) is 6.39. The van der Waals surface area contributed by atoms with Crippen LogP contribution in [0.3, 0.4) is 0 Å². The van der Waals surface area contributed by atoms with Crippen LogP contribution in [0.25, 0.3) is 0 Å². The first-order chi connectivity index (χ1) is 9.05. The number of benzene rings is 1. The summed E-state index contributed by atoms with van der Waals surface area (Å²) < 4.78 is 0.832. The van der Waals surface area contributed by atoms with Crippen LogP contribution in [0.4, 0.5) is 0 Å². The van der Waals surface area contributed by atoms with Crippen LogP contribution < -0.4 is 0 Å². The molecule has 0 saturated carbocycles. The lowest BCUT2D eigenvalue weighted by molar-refractivity contribution is -0.131. The molecular formula is C14H12BrNO2S. The summed E-state index contributed by atoms with van der Waals surface area (Å²) in [7, 11) is 0. The Morgan fingerprint density at radius 1 is 1.58 bits per heavy atom. The zero-order valence-electron chi connectivity index (χ0n) is 10.3. The molecule has 1 aliphatic heterocycles. The van der Waals surface area contributed by atoms with Crippen molar-refractivity contribution in [3.05, 3.63) is 45.3 Å². The van der Waals surface area contributed by atoms with Crippen molar-refractivity contribution in [2.24, 2.45) is 0 Å². The van der Waals surface area contributed by atoms with Crippen LogP contribution in [0.2, 0.25) is 0 Å². The molecule has 0 spiro atoms. The van der Waals surface area contributed by atoms with E-state index in [1.807, 2.05) is 31.2 Å². The van der Waals surface area contributed by atoms with E-state index in [4.69, 9.17) is 5.11 Å². The molecular weight excluding hydrogens is 326 g/mol. The first kappa shape index (κ1) is 14.2. The third-order valence-electron chi connectivity index (χ3n) is 3.22. The molecule has 0 radical (unpaired) electrons. The number of allylic oxidation sites excluding steroid dienone is 1. The maximum absolute atomic E-state index is 11.2. The van der Waals surface area contributed by atoms with E-state index < -0.39 is 11.4 Å². The summed E-state index contributed by atoms with van der Waals surface area (Å²) in [5.41, 5.74) is -0.0548. The summed E-state index contributed by atoms with van der Waals surface area (Å²) in [6.07, 6.45) is 2.32. The third-order valence-corrected chi connectivity index (χ3v) is 5.45. The lowest BCUT2D eigenvalue weighted by Gasteiger charge is -2.27. The monoisotopic (exact) mass is 337 g/mol. The van der Waals surface area contributed by atoms with Crippen LogP contribution in [-0.4, -0.2) is 16.3 Å². The smallest absolute Gasteiger partial charge is 0.341 e. The Labute approximate surface area is 124 Å². The van der Waals surface area contributed by atoms with Crippen molar-refractivity contribution in [2.45, 2.75) is 24.0 Å². The van der Waals surface area contributed by atoms with Gasteiger partial charge in [0.1, 0.15) is 5.41 Å². The highest BCUT2D eigenvalue weighted by atomic mass is 79.9. The Hall–Kier alpha value is -1.25. The van der Waals surface area contributed by atoms with Crippen molar-refractivity contribution < 1.29 is 9.90 Å². The molecule has 1 aromatic rings. The number of carbonyl (C=O) groups is 1. The maximum Gasteiger partial charge on any atom is 0.341 e. The Balaban J connectivity index is 2.62. The van der Waals surface area contributed by atoms with E-state index >= 15 is 0 Å². The maximum atomic E-state index is 11.2. The molecule has 0 aliphatic carbocycles. The minimum absolute atomic E-state index is 0.0812. The van der Waals surface area contributed by atoms with Gasteiger partial charge in [0.2, 0.25) is 0 Å². The predicted octanol–water partition coefficient (Wildman–Crippen LogP) is 3.70. The SMILES string of the molecule is CCC1SC(C(=O)O)=CC1(C#N)c1ccccc1Br. The second kappa shape index (κ2) is 5.40. The summed E-state index contributed by atoms with van der Waals surface area (Å²) in [5.74, 6) is -0.965. The van der Waals surface area contributed by atoms with Crippen LogP contribution in [0, 0.1) is 11.3 Å². The molecule has 2 unspecified atom stereocenters. The zero-order chi connectivity index (χ0) is 14.0. The summed E-state index contributed by atoms with van der Waals surface area (Å²) in [5, 5.41) is 18.8. The molecule has 0 fully saturated rings. The molecule has 5 heteroatoms. The van der Waals surface area contributed by atoms with Crippen LogP contribution in [0.1, 0.15) is 18.9 Å². The molecule has 1 N–H and O–H groups in total. The van der Waals surface area contributed by atoms with Crippen molar-refractivity contribution in [1.82, 2.24) is 0 Å². The fourth-order valence-corrected chi connectivity index (χ4v) is 4.18. The molecule has 0 amide bonds. The van der Waals surface area contributed by atoms with Crippen LogP contribution in [-0.2, 0) is 10.2 Å². The molecule has 3 nitrogen and oxygen atoms in total. The summed E-state index contributed by atoms with van der Waals surface area (Å²) >= 11 is 4.73. The van der Waals surface area contributed by atoms with Crippen molar-refractivity contribution >= 4 is 33.7 Å². The number of carboxylic acid groups (broad SMARTS) is 1. The topological polar surface area (TPSA) is 61.1 Å². The van der Waals surface area contributed by atoms with Gasteiger partial charge >= 0.3 is 5.97 Å². The highest BCUT2D eigenvalue weighted by molar-refractivity contribution is 9.10. The Morgan fingerprint density at radius 3 is 2.79 bits per heavy atom. The Morgan fingerprint density at radius 2 is 2.26 bits per heavy atom. The standard InChI is InChI=1S/C14H12BrNO2S/c1-2-12-14(8-16,7-11(19-12)13(17)18)9-5-3-4-6-10(9)15/h3-7,12H,2H2,1H3,(H,17,18). The molecule has 0 bridgehead atoms. The van der Waals surface area contributed by atoms with Gasteiger partial charge < -0.3 is 5.11 Å². The molecule has 1 heterocycles. The number of halogens is 1. The number of hydrogen-bond acceptors (Lipinski definition) is 3. The van der Waals surface area contributed by atoms with Crippen molar-refractivity contribution in [2.75, 3.05) is 0 Å². The van der Waals surface area contributed by atoms with E-state index in [0.29, 0.717) is 0 Å². The van der Waals surface area contributed by atoms with E-state index in [9.17, 15) is 10.1 Å². The summed E-state index contributed by atoms with van der Waals surface area (Å²) in [6, 6.07) is 9.82. The summed E-state index contributed by atoms with van der Waals surface area (Å²) in [4.78, 5) is 11.4. The van der Waals surface area contributed by atoms with Gasteiger partial charge in [-0.3, -0.25) is 0 Å². The van der Waals surface area contributed by atoms with E-state index in [-0.39, 0.29) is 10.2 Å². The minimum Gasteiger partial charge on any atom is -0.477 e. The van der Waals surface area contributed by atoms with Gasteiger partial charge in [-0.1, -0.05) is 41.1 Å². The normalized spacial score (nSPS) is 25.7. The molecule has 1 aromatic carbocycles. The van der Waals surface area contributed by atoms with E-state index in [1.54, 1.807) is 6.08 Å². The second-order valence-electron chi connectivity index (χ2n) is 4.29. The highest BCUT2D eigenvalue weighted by Crippen LogP contribution is 2.49. The molecule has 98 valence electrons. The zero-order valence-corrected chi connectivity index (χ0v) is 12.7. The largest absolute Gasteiger partial charge is 0.477 e. The van der Waals surface area contributed by atoms with Crippen molar-refractivity contribution in [1.29, 1.82) is 5.26 Å². The molecule has 0 saturated heterocycles. The highest BCUT2D eigenvalue weighted by Gasteiger charge is 2.46. The van der Waals surface area contributed by atoms with Gasteiger partial charge in [-0.25, -0.2) is 4.79 Å². The van der Waals surface area contributed by atoms with Crippen LogP contribution in [0.5, 0.6) is 0 Å². The number of carboxylic acids is 1. The van der Waals surface area contributed by atoms with Gasteiger partial charge in [0, 0.05) is 9.72 Å². The fraction of sp³-hybridized carbons (Fsp3) is 0.286. The lowest BCUT2D eigenvalue weighted by Crippen LogP contribution is -2.31. The molecule has 1 aliphatic rings. The first-order valence-electron chi connectivity index (χ1n) is 5.84.